The summed E-state index contributed by atoms with van der Waals surface area (Å²) in [4.78, 5) is 0. The Morgan fingerprint density at radius 3 is 2.57 bits per heavy atom. The second kappa shape index (κ2) is 2.80. The Morgan fingerprint density at radius 2 is 2.43 bits per heavy atom. The van der Waals surface area contributed by atoms with Crippen LogP contribution in [0.4, 0.5) is 0 Å². The molecule has 1 aromatic heterocycles. The zero-order chi connectivity index (χ0) is 4.41. The molecule has 2 N–H and O–H groups in total. The number of rotatable bonds is 0. The van der Waals surface area contributed by atoms with E-state index >= 15 is 0 Å². The largest absolute Gasteiger partial charge is 1.00 e. The van der Waals surface area contributed by atoms with E-state index in [9.17, 15) is 0 Å². The molecule has 1 aromatic rings. The highest BCUT2D eigenvalue weighted by molar-refractivity contribution is 4.87. The average Bonchev–Trinajstić information content (AvgIpc) is 1.86. The Morgan fingerprint density at radius 1 is 1.71 bits per heavy atom. The van der Waals surface area contributed by atoms with Gasteiger partial charge in [0.2, 0.25) is 0 Å². The molecule has 7 heavy (non-hydrogen) atoms. The van der Waals surface area contributed by atoms with Gasteiger partial charge in [0.05, 0.1) is 5.69 Å². The van der Waals surface area contributed by atoms with Crippen molar-refractivity contribution in [1.82, 2.24) is 5.10 Å². The Bertz CT molecular complexity index is 113. The molecule has 0 aliphatic heterocycles. The number of aromatic nitrogens is 2. The van der Waals surface area contributed by atoms with Crippen molar-refractivity contribution in [2.24, 2.45) is 0 Å². The Hall–Kier alpha value is -0.310. The van der Waals surface area contributed by atoms with Gasteiger partial charge in [0.15, 0.2) is 6.20 Å². The van der Waals surface area contributed by atoms with Crippen molar-refractivity contribution in [3.8, 4) is 0 Å². The fourth-order valence-electron chi connectivity index (χ4n) is 0.364. The average molecular weight is 163 g/mol. The fraction of sp³-hybridized carbons (Fsp3) is 0.250. The van der Waals surface area contributed by atoms with Crippen molar-refractivity contribution in [2.75, 3.05) is 0 Å². The van der Waals surface area contributed by atoms with Gasteiger partial charge in [0, 0.05) is 6.07 Å². The number of aryl methyl sites for hydroxylation is 1. The highest BCUT2D eigenvalue weighted by atomic mass is 79.9. The van der Waals surface area contributed by atoms with Crippen LogP contribution in [0.25, 0.3) is 0 Å². The van der Waals surface area contributed by atoms with Gasteiger partial charge < -0.3 is 17.0 Å². The molecule has 0 aliphatic carbocycles. The van der Waals surface area contributed by atoms with Crippen LogP contribution in [-0.4, -0.2) is 5.10 Å². The molecule has 0 radical (unpaired) electrons. The molecule has 1 rings (SSSR count). The van der Waals surface area contributed by atoms with Crippen LogP contribution in [0.5, 0.6) is 0 Å². The zero-order valence-corrected chi connectivity index (χ0v) is 5.62. The van der Waals surface area contributed by atoms with Gasteiger partial charge in [-0.05, 0) is 6.92 Å². The first kappa shape index (κ1) is 6.69. The minimum Gasteiger partial charge on any atom is -1.00 e. The molecule has 0 unspecified atom stereocenters. The smallest absolute Gasteiger partial charge is 0.193 e. The van der Waals surface area contributed by atoms with Crippen molar-refractivity contribution in [1.29, 1.82) is 0 Å². The summed E-state index contributed by atoms with van der Waals surface area (Å²) in [6, 6.07) is 1.97. The van der Waals surface area contributed by atoms with E-state index in [0.29, 0.717) is 0 Å². The third-order valence-corrected chi connectivity index (χ3v) is 0.686. The lowest BCUT2D eigenvalue weighted by atomic mass is 10.5. The first-order valence-corrected chi connectivity index (χ1v) is 1.91. The third kappa shape index (κ3) is 1.73. The van der Waals surface area contributed by atoms with Crippen LogP contribution >= 0.6 is 0 Å². The van der Waals surface area contributed by atoms with E-state index in [2.05, 4.69) is 10.2 Å². The summed E-state index contributed by atoms with van der Waals surface area (Å²) in [5.41, 5.74) is 1.16. The molecule has 0 aromatic carbocycles. The minimum atomic E-state index is 0. The molecular formula is C4H7BrN2. The van der Waals surface area contributed by atoms with Gasteiger partial charge in [-0.3, -0.25) is 0 Å². The van der Waals surface area contributed by atoms with Crippen molar-refractivity contribution in [3.63, 3.8) is 0 Å². The van der Waals surface area contributed by atoms with Gasteiger partial charge in [-0.1, -0.05) is 0 Å². The number of hydrogen-bond donors (Lipinski definition) is 1. The molecule has 0 fully saturated rings. The molecule has 1 heterocycles. The number of nitrogens with one attached hydrogen (secondary N) is 2. The summed E-state index contributed by atoms with van der Waals surface area (Å²) in [6.07, 6.45) is 1.86. The number of halogens is 1. The first-order chi connectivity index (χ1) is 2.89. The maximum absolute atomic E-state index is 2.88. The third-order valence-electron chi connectivity index (χ3n) is 0.686. The van der Waals surface area contributed by atoms with E-state index in [0.717, 1.165) is 5.69 Å². The predicted octanol–water partition coefficient (Wildman–Crippen LogP) is -2.86. The Kier molecular flexibility index (Phi) is 2.67. The summed E-state index contributed by atoms with van der Waals surface area (Å²) >= 11 is 0. The summed E-state index contributed by atoms with van der Waals surface area (Å²) in [5, 5.41) is 5.68. The molecule has 3 heteroatoms. The predicted molar refractivity (Wildman–Crippen MR) is 22.1 cm³/mol. The molecule has 0 amide bonds. The molecule has 0 spiro atoms. The van der Waals surface area contributed by atoms with Crippen LogP contribution in [0.3, 0.4) is 0 Å². The maximum Gasteiger partial charge on any atom is 0.193 e. The standard InChI is InChI=1S/C4H6N2.BrH/c1-4-2-3-5-6-4;/h2-3H,1H3,(H,5,6);1H. The van der Waals surface area contributed by atoms with Crippen LogP contribution in [0.15, 0.2) is 12.3 Å². The number of H-pyrrole nitrogens is 2. The van der Waals surface area contributed by atoms with Crippen molar-refractivity contribution >= 4 is 0 Å². The van der Waals surface area contributed by atoms with Gasteiger partial charge >= 0.3 is 0 Å². The number of hydrogen-bond acceptors (Lipinski definition) is 0. The van der Waals surface area contributed by atoms with Crippen LogP contribution in [-0.2, 0) is 0 Å². The van der Waals surface area contributed by atoms with Gasteiger partial charge in [-0.15, -0.1) is 5.10 Å². The topological polar surface area (TPSA) is 29.9 Å². The summed E-state index contributed by atoms with van der Waals surface area (Å²) in [5.74, 6) is 0. The van der Waals surface area contributed by atoms with Crippen LogP contribution < -0.4 is 22.1 Å². The molecular weight excluding hydrogens is 156 g/mol. The van der Waals surface area contributed by atoms with Crippen LogP contribution in [0, 0.1) is 6.92 Å². The fourth-order valence-corrected chi connectivity index (χ4v) is 0.364. The highest BCUT2D eigenvalue weighted by Crippen LogP contribution is 1.78. The van der Waals surface area contributed by atoms with Crippen molar-refractivity contribution < 1.29 is 22.1 Å². The first-order valence-electron chi connectivity index (χ1n) is 1.91. The quantitative estimate of drug-likeness (QED) is 0.426. The van der Waals surface area contributed by atoms with E-state index < -0.39 is 0 Å². The number of aromatic amines is 2. The lowest BCUT2D eigenvalue weighted by molar-refractivity contribution is -0.449. The molecule has 40 valence electrons. The monoisotopic (exact) mass is 162 g/mol. The van der Waals surface area contributed by atoms with Gasteiger partial charge in [0.25, 0.3) is 0 Å². The van der Waals surface area contributed by atoms with Crippen molar-refractivity contribution in [2.45, 2.75) is 6.92 Å². The lowest BCUT2D eigenvalue weighted by Crippen LogP contribution is -3.00. The minimum absolute atomic E-state index is 0. The Labute approximate surface area is 52.7 Å². The van der Waals surface area contributed by atoms with Gasteiger partial charge in [-0.25, -0.2) is 0 Å². The van der Waals surface area contributed by atoms with E-state index in [1.165, 1.54) is 0 Å². The highest BCUT2D eigenvalue weighted by Gasteiger charge is 1.80. The van der Waals surface area contributed by atoms with E-state index in [1.54, 1.807) is 0 Å². The Balaban J connectivity index is 0.000000360. The van der Waals surface area contributed by atoms with E-state index in [-0.39, 0.29) is 17.0 Å². The second-order valence-corrected chi connectivity index (χ2v) is 1.29. The maximum atomic E-state index is 2.88. The van der Waals surface area contributed by atoms with E-state index in [1.807, 2.05) is 19.2 Å². The molecule has 0 saturated carbocycles. The van der Waals surface area contributed by atoms with E-state index in [4.69, 9.17) is 0 Å². The second-order valence-electron chi connectivity index (χ2n) is 1.29. The molecule has 0 bridgehead atoms. The molecule has 0 atom stereocenters. The molecule has 0 saturated heterocycles. The van der Waals surface area contributed by atoms with Gasteiger partial charge in [0.1, 0.15) is 0 Å². The normalized spacial score (nSPS) is 7.57. The summed E-state index contributed by atoms with van der Waals surface area (Å²) in [7, 11) is 0. The SMILES string of the molecule is Cc1cc[nH+][nH]1.[Br-]. The van der Waals surface area contributed by atoms with Crippen LogP contribution in [0.1, 0.15) is 5.69 Å². The van der Waals surface area contributed by atoms with Crippen molar-refractivity contribution in [3.05, 3.63) is 18.0 Å². The van der Waals surface area contributed by atoms with Gasteiger partial charge in [-0.2, -0.15) is 5.10 Å². The lowest BCUT2D eigenvalue weighted by Gasteiger charge is -1.62. The van der Waals surface area contributed by atoms with Crippen LogP contribution in [0.2, 0.25) is 0 Å². The summed E-state index contributed by atoms with van der Waals surface area (Å²) < 4.78 is 0. The molecule has 2 nitrogen and oxygen atoms in total. The summed E-state index contributed by atoms with van der Waals surface area (Å²) in [6.45, 7) is 2.00. The molecule has 0 aliphatic rings. The zero-order valence-electron chi connectivity index (χ0n) is 4.03.